The average Bonchev–Trinajstić information content (AvgIpc) is 3.98. The standard InChI is InChI=1S/C43H39N11O6/c1-52-21-30(20-47-52)37-33(43(60)49-35(39(56)41(45)58)16-26-11-7-4-8-12-26)24-54(51-37)22-29-19-46-18-28-17-27(13-14-31(28)29)36-32(23-53(2)50-36)42(59)48-34(38(55)40(44)57)15-25-9-5-3-6-10-25/h3-14,17-21,23-24,34-35H,15-16,22H2,1-2H3,(H2,44,57)(H2,45,58)(H,48,59)(H,49,60). The number of hydrogen-bond acceptors (Lipinski definition) is 10. The van der Waals surface area contributed by atoms with E-state index in [1.54, 1.807) is 109 Å². The van der Waals surface area contributed by atoms with E-state index < -0.39 is 47.3 Å². The predicted molar refractivity (Wildman–Crippen MR) is 219 cm³/mol. The van der Waals surface area contributed by atoms with E-state index in [9.17, 15) is 28.8 Å². The molecule has 4 heterocycles. The summed E-state index contributed by atoms with van der Waals surface area (Å²) in [6, 6.07) is 20.9. The molecule has 0 radical (unpaired) electrons. The molecule has 0 fully saturated rings. The van der Waals surface area contributed by atoms with Gasteiger partial charge in [0.2, 0.25) is 11.6 Å². The van der Waals surface area contributed by atoms with Crippen LogP contribution in [0.15, 0.2) is 116 Å². The van der Waals surface area contributed by atoms with Crippen molar-refractivity contribution in [3.8, 4) is 22.5 Å². The second-order valence-corrected chi connectivity index (χ2v) is 14.2. The Morgan fingerprint density at radius 2 is 1.20 bits per heavy atom. The molecule has 2 atom stereocenters. The Kier molecular flexibility index (Phi) is 11.5. The summed E-state index contributed by atoms with van der Waals surface area (Å²) in [5.41, 5.74) is 15.0. The topological polar surface area (TPSA) is 245 Å². The van der Waals surface area contributed by atoms with Crippen molar-refractivity contribution in [2.24, 2.45) is 25.6 Å². The smallest absolute Gasteiger partial charge is 0.287 e. The molecule has 7 rings (SSSR count). The van der Waals surface area contributed by atoms with Crippen LogP contribution in [0.1, 0.15) is 37.4 Å². The van der Waals surface area contributed by atoms with Crippen LogP contribution in [0.25, 0.3) is 33.3 Å². The highest BCUT2D eigenvalue weighted by Gasteiger charge is 2.30. The monoisotopic (exact) mass is 805 g/mol. The van der Waals surface area contributed by atoms with Gasteiger partial charge in [0.05, 0.1) is 23.9 Å². The number of nitrogens with two attached hydrogens (primary N) is 2. The van der Waals surface area contributed by atoms with E-state index in [4.69, 9.17) is 16.6 Å². The van der Waals surface area contributed by atoms with Gasteiger partial charge in [-0.25, -0.2) is 0 Å². The van der Waals surface area contributed by atoms with Gasteiger partial charge in [0.15, 0.2) is 0 Å². The molecule has 17 nitrogen and oxygen atoms in total. The maximum atomic E-state index is 13.9. The second kappa shape index (κ2) is 17.2. The van der Waals surface area contributed by atoms with Crippen LogP contribution in [-0.4, -0.2) is 81.6 Å². The number of amides is 4. The largest absolute Gasteiger partial charge is 0.363 e. The van der Waals surface area contributed by atoms with Gasteiger partial charge in [0.25, 0.3) is 23.6 Å². The lowest BCUT2D eigenvalue weighted by Crippen LogP contribution is -2.47. The minimum absolute atomic E-state index is 0.0444. The Morgan fingerprint density at radius 3 is 1.75 bits per heavy atom. The van der Waals surface area contributed by atoms with Crippen molar-refractivity contribution < 1.29 is 28.8 Å². The minimum atomic E-state index is -1.22. The molecule has 0 aliphatic rings. The van der Waals surface area contributed by atoms with E-state index in [1.807, 2.05) is 24.3 Å². The van der Waals surface area contributed by atoms with E-state index in [-0.39, 0.29) is 30.5 Å². The number of rotatable bonds is 16. The van der Waals surface area contributed by atoms with E-state index in [0.717, 1.165) is 22.1 Å². The Bertz CT molecular complexity index is 2770. The van der Waals surface area contributed by atoms with Crippen molar-refractivity contribution in [1.29, 1.82) is 0 Å². The van der Waals surface area contributed by atoms with Crippen LogP contribution in [0.3, 0.4) is 0 Å². The van der Waals surface area contributed by atoms with Gasteiger partial charge in [-0.05, 0) is 28.1 Å². The molecule has 60 heavy (non-hydrogen) atoms. The summed E-state index contributed by atoms with van der Waals surface area (Å²) in [7, 11) is 3.39. The molecule has 0 aliphatic heterocycles. The molecule has 2 unspecified atom stereocenters. The van der Waals surface area contributed by atoms with Gasteiger partial charge < -0.3 is 22.1 Å². The number of carbonyl (C=O) groups is 6. The number of aromatic nitrogens is 7. The van der Waals surface area contributed by atoms with Gasteiger partial charge in [-0.2, -0.15) is 15.3 Å². The molecule has 0 spiro atoms. The van der Waals surface area contributed by atoms with Gasteiger partial charge in [0, 0.05) is 74.4 Å². The lowest BCUT2D eigenvalue weighted by molar-refractivity contribution is -0.137. The van der Waals surface area contributed by atoms with Crippen molar-refractivity contribution in [3.63, 3.8) is 0 Å². The number of aryl methyl sites for hydroxylation is 2. The fraction of sp³-hybridized carbons (Fsp3) is 0.163. The quantitative estimate of drug-likeness (QED) is 0.104. The highest BCUT2D eigenvalue weighted by atomic mass is 16.2. The van der Waals surface area contributed by atoms with E-state index in [2.05, 4.69) is 25.8 Å². The van der Waals surface area contributed by atoms with Crippen LogP contribution in [-0.2, 0) is 52.7 Å². The number of hydrogen-bond donors (Lipinski definition) is 4. The fourth-order valence-electron chi connectivity index (χ4n) is 6.91. The number of pyridine rings is 1. The number of benzene rings is 3. The maximum Gasteiger partial charge on any atom is 0.287 e. The van der Waals surface area contributed by atoms with E-state index >= 15 is 0 Å². The first-order valence-electron chi connectivity index (χ1n) is 18.7. The van der Waals surface area contributed by atoms with Gasteiger partial charge in [-0.3, -0.25) is 47.8 Å². The SMILES string of the molecule is Cn1cc(-c2nn(Cc3cncc4cc(-c5nn(C)cc5C(=O)NC(Cc5ccccc5)C(=O)C(N)=O)ccc34)cc2C(=O)NC(Cc2ccccc2)C(=O)C(N)=O)cn1. The highest BCUT2D eigenvalue weighted by molar-refractivity contribution is 6.38. The fourth-order valence-corrected chi connectivity index (χ4v) is 6.91. The van der Waals surface area contributed by atoms with Crippen molar-refractivity contribution in [3.05, 3.63) is 144 Å². The molecule has 302 valence electrons. The summed E-state index contributed by atoms with van der Waals surface area (Å²) in [5.74, 6) is -5.45. The zero-order valence-corrected chi connectivity index (χ0v) is 32.5. The second-order valence-electron chi connectivity index (χ2n) is 14.2. The van der Waals surface area contributed by atoms with Crippen LogP contribution in [0.4, 0.5) is 0 Å². The number of Topliss-reactive ketones (excluding diaryl/α,β-unsaturated/α-hetero) is 2. The molecule has 0 bridgehead atoms. The number of fused-ring (bicyclic) bond motifs is 1. The predicted octanol–water partition coefficient (Wildman–Crippen LogP) is 2.07. The molecule has 7 aromatic rings. The van der Waals surface area contributed by atoms with E-state index in [1.165, 1.54) is 10.9 Å². The molecular formula is C43H39N11O6. The third-order valence-electron chi connectivity index (χ3n) is 9.80. The lowest BCUT2D eigenvalue weighted by Gasteiger charge is -2.16. The van der Waals surface area contributed by atoms with Crippen molar-refractivity contribution in [1.82, 2.24) is 45.0 Å². The van der Waals surface area contributed by atoms with Gasteiger partial charge >= 0.3 is 0 Å². The van der Waals surface area contributed by atoms with Gasteiger partial charge in [0.1, 0.15) is 23.5 Å². The minimum Gasteiger partial charge on any atom is -0.363 e. The maximum absolute atomic E-state index is 13.9. The summed E-state index contributed by atoms with van der Waals surface area (Å²) in [6.07, 6.45) is 9.78. The van der Waals surface area contributed by atoms with E-state index in [0.29, 0.717) is 27.9 Å². The number of carbonyl (C=O) groups excluding carboxylic acids is 6. The molecule has 0 aliphatic carbocycles. The molecule has 4 amide bonds. The van der Waals surface area contributed by atoms with Crippen LogP contribution >= 0.6 is 0 Å². The third-order valence-corrected chi connectivity index (χ3v) is 9.80. The Hall–Kier alpha value is -8.08. The van der Waals surface area contributed by atoms with Gasteiger partial charge in [-0.15, -0.1) is 0 Å². The molecule has 0 saturated carbocycles. The summed E-state index contributed by atoms with van der Waals surface area (Å²) >= 11 is 0. The van der Waals surface area contributed by atoms with Crippen molar-refractivity contribution >= 4 is 46.0 Å². The Balaban J connectivity index is 1.17. The van der Waals surface area contributed by atoms with Crippen LogP contribution < -0.4 is 22.1 Å². The first kappa shape index (κ1) is 40.1. The van der Waals surface area contributed by atoms with Crippen molar-refractivity contribution in [2.45, 2.75) is 31.5 Å². The van der Waals surface area contributed by atoms with Crippen LogP contribution in [0, 0.1) is 0 Å². The molecule has 17 heteroatoms. The third kappa shape index (κ3) is 8.89. The zero-order chi connectivity index (χ0) is 42.5. The molecule has 4 aromatic heterocycles. The number of nitrogens with zero attached hydrogens (tertiary/aromatic N) is 7. The summed E-state index contributed by atoms with van der Waals surface area (Å²) in [6.45, 7) is 0.172. The first-order valence-corrected chi connectivity index (χ1v) is 18.7. The van der Waals surface area contributed by atoms with Crippen LogP contribution in [0.5, 0.6) is 0 Å². The summed E-state index contributed by atoms with van der Waals surface area (Å²) < 4.78 is 4.62. The number of ketones is 2. The number of nitrogens with one attached hydrogen (secondary N) is 2. The highest BCUT2D eigenvalue weighted by Crippen LogP contribution is 2.29. The first-order chi connectivity index (χ1) is 28.8. The lowest BCUT2D eigenvalue weighted by atomic mass is 10.00. The Morgan fingerprint density at radius 1 is 0.633 bits per heavy atom. The molecule has 3 aromatic carbocycles. The summed E-state index contributed by atoms with van der Waals surface area (Å²) in [4.78, 5) is 81.7. The zero-order valence-electron chi connectivity index (χ0n) is 32.5. The Labute approximate surface area is 342 Å². The van der Waals surface area contributed by atoms with Crippen molar-refractivity contribution in [2.75, 3.05) is 0 Å². The van der Waals surface area contributed by atoms with Crippen LogP contribution in [0.2, 0.25) is 0 Å². The summed E-state index contributed by atoms with van der Waals surface area (Å²) in [5, 5.41) is 20.4. The molecule has 0 saturated heterocycles. The van der Waals surface area contributed by atoms with Gasteiger partial charge in [-0.1, -0.05) is 72.8 Å². The normalized spacial score (nSPS) is 12.1. The number of primary amides is 2. The molecular weight excluding hydrogens is 767 g/mol. The average molecular weight is 806 g/mol. The molecule has 6 N–H and O–H groups in total.